The van der Waals surface area contributed by atoms with Gasteiger partial charge >= 0.3 is 0 Å². The van der Waals surface area contributed by atoms with E-state index in [1.165, 1.54) is 0 Å². The van der Waals surface area contributed by atoms with Crippen LogP contribution in [-0.4, -0.2) is 22.8 Å². The molecule has 1 N–H and O–H groups in total. The summed E-state index contributed by atoms with van der Waals surface area (Å²) in [6, 6.07) is 3.24. The molecule has 1 amide bonds. The first-order chi connectivity index (χ1) is 8.54. The molecular formula is C13H20N2O2S. The average molecular weight is 268 g/mol. The number of hydrogen-bond donors (Lipinski definition) is 2. The van der Waals surface area contributed by atoms with Crippen molar-refractivity contribution >= 4 is 18.5 Å². The van der Waals surface area contributed by atoms with Gasteiger partial charge in [-0.05, 0) is 20.3 Å². The predicted octanol–water partition coefficient (Wildman–Crippen LogP) is 1.29. The fourth-order valence-corrected chi connectivity index (χ4v) is 2.03. The zero-order valence-corrected chi connectivity index (χ0v) is 11.8. The molecule has 0 unspecified atom stereocenters. The van der Waals surface area contributed by atoms with Crippen molar-refractivity contribution in [3.05, 3.63) is 33.7 Å². The minimum Gasteiger partial charge on any atom is -0.355 e. The lowest BCUT2D eigenvalue weighted by atomic mass is 10.2. The van der Waals surface area contributed by atoms with Gasteiger partial charge in [0.15, 0.2) is 5.43 Å². The fraction of sp³-hybridized carbons (Fsp3) is 0.538. The SMILES string of the molecule is Cc1cc(=O)cc(C)n1CCCC(=O)NCCS. The number of hydrogen-bond acceptors (Lipinski definition) is 3. The number of carbonyl (C=O) groups excluding carboxylic acids is 1. The van der Waals surface area contributed by atoms with E-state index < -0.39 is 0 Å². The van der Waals surface area contributed by atoms with Gasteiger partial charge in [-0.25, -0.2) is 0 Å². The zero-order valence-electron chi connectivity index (χ0n) is 10.9. The Morgan fingerprint density at radius 3 is 2.50 bits per heavy atom. The van der Waals surface area contributed by atoms with Gasteiger partial charge in [0.25, 0.3) is 0 Å². The number of amides is 1. The number of rotatable bonds is 6. The minimum absolute atomic E-state index is 0.0350. The summed E-state index contributed by atoms with van der Waals surface area (Å²) in [5.41, 5.74) is 1.92. The maximum Gasteiger partial charge on any atom is 0.220 e. The van der Waals surface area contributed by atoms with Crippen LogP contribution in [-0.2, 0) is 11.3 Å². The van der Waals surface area contributed by atoms with Crippen molar-refractivity contribution in [2.45, 2.75) is 33.2 Å². The van der Waals surface area contributed by atoms with Crippen LogP contribution in [0.3, 0.4) is 0 Å². The van der Waals surface area contributed by atoms with Gasteiger partial charge in [-0.15, -0.1) is 0 Å². The average Bonchev–Trinajstić information content (AvgIpc) is 2.29. The molecule has 4 nitrogen and oxygen atoms in total. The number of carbonyl (C=O) groups is 1. The maximum absolute atomic E-state index is 11.4. The second kappa shape index (κ2) is 7.26. The highest BCUT2D eigenvalue weighted by Crippen LogP contribution is 2.04. The van der Waals surface area contributed by atoms with Crippen molar-refractivity contribution in [1.29, 1.82) is 0 Å². The summed E-state index contributed by atoms with van der Waals surface area (Å²) in [4.78, 5) is 22.7. The van der Waals surface area contributed by atoms with Crippen LogP contribution in [0.15, 0.2) is 16.9 Å². The lowest BCUT2D eigenvalue weighted by Gasteiger charge is -2.13. The number of aryl methyl sites for hydroxylation is 2. The smallest absolute Gasteiger partial charge is 0.220 e. The highest BCUT2D eigenvalue weighted by molar-refractivity contribution is 7.80. The van der Waals surface area contributed by atoms with Crippen LogP contribution in [0.25, 0.3) is 0 Å². The minimum atomic E-state index is 0.0350. The normalized spacial score (nSPS) is 10.4. The van der Waals surface area contributed by atoms with Crippen molar-refractivity contribution in [2.24, 2.45) is 0 Å². The molecule has 18 heavy (non-hydrogen) atoms. The molecule has 0 aliphatic rings. The molecule has 100 valence electrons. The van der Waals surface area contributed by atoms with Crippen molar-refractivity contribution in [3.8, 4) is 0 Å². The molecule has 0 saturated carbocycles. The first-order valence-electron chi connectivity index (χ1n) is 6.10. The van der Waals surface area contributed by atoms with Gasteiger partial charge in [0.05, 0.1) is 0 Å². The number of nitrogens with one attached hydrogen (secondary N) is 1. The third-order valence-electron chi connectivity index (χ3n) is 2.77. The Balaban J connectivity index is 2.49. The van der Waals surface area contributed by atoms with Crippen LogP contribution in [0.4, 0.5) is 0 Å². The van der Waals surface area contributed by atoms with Crippen LogP contribution in [0, 0.1) is 13.8 Å². The number of pyridine rings is 1. The first kappa shape index (κ1) is 14.8. The molecule has 0 fully saturated rings. The molecule has 0 spiro atoms. The highest BCUT2D eigenvalue weighted by atomic mass is 32.1. The molecule has 0 bridgehead atoms. The van der Waals surface area contributed by atoms with E-state index >= 15 is 0 Å². The van der Waals surface area contributed by atoms with E-state index in [0.717, 1.165) is 24.4 Å². The summed E-state index contributed by atoms with van der Waals surface area (Å²) in [6.45, 7) is 5.19. The standard InChI is InChI=1S/C13H20N2O2S/c1-10-8-12(16)9-11(2)15(10)6-3-4-13(17)14-5-7-18/h8-9,18H,3-7H2,1-2H3,(H,14,17). The molecule has 0 saturated heterocycles. The Hall–Kier alpha value is -1.23. The molecule has 1 heterocycles. The number of nitrogens with zero attached hydrogens (tertiary/aromatic N) is 1. The van der Waals surface area contributed by atoms with E-state index in [1.54, 1.807) is 12.1 Å². The topological polar surface area (TPSA) is 51.1 Å². The number of aromatic nitrogens is 1. The lowest BCUT2D eigenvalue weighted by Crippen LogP contribution is -2.25. The van der Waals surface area contributed by atoms with Crippen LogP contribution in [0.2, 0.25) is 0 Å². The molecular weight excluding hydrogens is 248 g/mol. The Kier molecular flexibility index (Phi) is 5.98. The van der Waals surface area contributed by atoms with E-state index in [1.807, 2.05) is 13.8 Å². The second-order valence-electron chi connectivity index (χ2n) is 4.30. The highest BCUT2D eigenvalue weighted by Gasteiger charge is 2.03. The predicted molar refractivity (Wildman–Crippen MR) is 76.3 cm³/mol. The molecule has 1 aromatic rings. The Labute approximate surface area is 113 Å². The van der Waals surface area contributed by atoms with Crippen molar-refractivity contribution in [2.75, 3.05) is 12.3 Å². The fourth-order valence-electron chi connectivity index (χ4n) is 1.92. The van der Waals surface area contributed by atoms with Gasteiger partial charge in [-0.1, -0.05) is 0 Å². The van der Waals surface area contributed by atoms with Crippen LogP contribution < -0.4 is 10.7 Å². The molecule has 0 aromatic carbocycles. The summed E-state index contributed by atoms with van der Waals surface area (Å²) < 4.78 is 2.06. The maximum atomic E-state index is 11.4. The molecule has 0 aliphatic carbocycles. The van der Waals surface area contributed by atoms with Gasteiger partial charge in [0.2, 0.25) is 5.91 Å². The number of thiol groups is 1. The van der Waals surface area contributed by atoms with Gasteiger partial charge in [0.1, 0.15) is 0 Å². The largest absolute Gasteiger partial charge is 0.355 e. The summed E-state index contributed by atoms with van der Waals surface area (Å²) >= 11 is 4.03. The van der Waals surface area contributed by atoms with E-state index in [2.05, 4.69) is 22.5 Å². The first-order valence-corrected chi connectivity index (χ1v) is 6.73. The zero-order chi connectivity index (χ0) is 13.5. The summed E-state index contributed by atoms with van der Waals surface area (Å²) in [7, 11) is 0. The second-order valence-corrected chi connectivity index (χ2v) is 4.75. The van der Waals surface area contributed by atoms with Gasteiger partial charge < -0.3 is 9.88 Å². The quantitative estimate of drug-likeness (QED) is 0.764. The molecule has 0 atom stereocenters. The summed E-state index contributed by atoms with van der Waals surface area (Å²) in [5, 5.41) is 2.78. The molecule has 1 rings (SSSR count). The Morgan fingerprint density at radius 1 is 1.33 bits per heavy atom. The van der Waals surface area contributed by atoms with Crippen molar-refractivity contribution in [3.63, 3.8) is 0 Å². The van der Waals surface area contributed by atoms with Gasteiger partial charge in [-0.2, -0.15) is 12.6 Å². The molecule has 0 radical (unpaired) electrons. The summed E-state index contributed by atoms with van der Waals surface area (Å²) in [6.07, 6.45) is 1.27. The Morgan fingerprint density at radius 2 is 1.94 bits per heavy atom. The van der Waals surface area contributed by atoms with E-state index in [9.17, 15) is 9.59 Å². The lowest BCUT2D eigenvalue weighted by molar-refractivity contribution is -0.121. The van der Waals surface area contributed by atoms with Crippen LogP contribution >= 0.6 is 12.6 Å². The van der Waals surface area contributed by atoms with Crippen LogP contribution in [0.1, 0.15) is 24.2 Å². The third-order valence-corrected chi connectivity index (χ3v) is 3.00. The van der Waals surface area contributed by atoms with E-state index in [4.69, 9.17) is 0 Å². The Bertz CT molecular complexity index is 442. The van der Waals surface area contributed by atoms with E-state index in [-0.39, 0.29) is 11.3 Å². The monoisotopic (exact) mass is 268 g/mol. The van der Waals surface area contributed by atoms with Crippen molar-refractivity contribution in [1.82, 2.24) is 9.88 Å². The third kappa shape index (κ3) is 4.56. The summed E-state index contributed by atoms with van der Waals surface area (Å²) in [5.74, 6) is 0.712. The van der Waals surface area contributed by atoms with E-state index in [0.29, 0.717) is 18.7 Å². The molecule has 0 aliphatic heterocycles. The van der Waals surface area contributed by atoms with Gasteiger partial charge in [0, 0.05) is 48.8 Å². The van der Waals surface area contributed by atoms with Gasteiger partial charge in [-0.3, -0.25) is 9.59 Å². The van der Waals surface area contributed by atoms with Crippen LogP contribution in [0.5, 0.6) is 0 Å². The molecule has 1 aromatic heterocycles. The van der Waals surface area contributed by atoms with Crippen molar-refractivity contribution < 1.29 is 4.79 Å². The molecule has 5 heteroatoms.